The summed E-state index contributed by atoms with van der Waals surface area (Å²) in [6.07, 6.45) is 0.385. The molecule has 0 aliphatic rings. The largest absolute Gasteiger partial charge is 0.388 e. The maximum Gasteiger partial charge on any atom is 0.0819 e. The van der Waals surface area contributed by atoms with Gasteiger partial charge >= 0.3 is 0 Å². The minimum atomic E-state index is -0.462. The Morgan fingerprint density at radius 3 is 2.53 bits per heavy atom. The lowest BCUT2D eigenvalue weighted by Gasteiger charge is -2.21. The van der Waals surface area contributed by atoms with Gasteiger partial charge in [0.2, 0.25) is 0 Å². The first-order valence-electron chi connectivity index (χ1n) is 5.94. The van der Waals surface area contributed by atoms with Crippen molar-refractivity contribution >= 4 is 0 Å². The number of hydrogen-bond donors (Lipinski definition) is 1. The SMILES string of the molecule is COCCC(C)C(O)c1ccccc1COC. The molecule has 0 saturated carbocycles. The Hall–Kier alpha value is -0.900. The summed E-state index contributed by atoms with van der Waals surface area (Å²) in [6, 6.07) is 7.86. The normalized spacial score (nSPS) is 14.6. The van der Waals surface area contributed by atoms with E-state index in [2.05, 4.69) is 0 Å². The lowest BCUT2D eigenvalue weighted by molar-refractivity contribution is 0.0858. The van der Waals surface area contributed by atoms with Gasteiger partial charge in [-0.1, -0.05) is 31.2 Å². The van der Waals surface area contributed by atoms with E-state index in [9.17, 15) is 5.11 Å². The van der Waals surface area contributed by atoms with E-state index in [1.807, 2.05) is 31.2 Å². The number of methoxy groups -OCH3 is 2. The quantitative estimate of drug-likeness (QED) is 0.793. The topological polar surface area (TPSA) is 38.7 Å². The van der Waals surface area contributed by atoms with Crippen molar-refractivity contribution in [3.63, 3.8) is 0 Å². The molecule has 2 unspecified atom stereocenters. The zero-order valence-electron chi connectivity index (χ0n) is 10.8. The molecule has 96 valence electrons. The zero-order valence-corrected chi connectivity index (χ0v) is 10.8. The highest BCUT2D eigenvalue weighted by atomic mass is 16.5. The Bertz CT molecular complexity index is 325. The molecular formula is C14H22O3. The molecule has 0 radical (unpaired) electrons. The van der Waals surface area contributed by atoms with E-state index in [0.717, 1.165) is 17.5 Å². The Morgan fingerprint density at radius 2 is 1.88 bits per heavy atom. The van der Waals surface area contributed by atoms with Crippen LogP contribution >= 0.6 is 0 Å². The zero-order chi connectivity index (χ0) is 12.7. The summed E-state index contributed by atoms with van der Waals surface area (Å²) >= 11 is 0. The molecule has 3 heteroatoms. The van der Waals surface area contributed by atoms with Crippen molar-refractivity contribution in [2.75, 3.05) is 20.8 Å². The fourth-order valence-electron chi connectivity index (χ4n) is 1.88. The van der Waals surface area contributed by atoms with Crippen molar-refractivity contribution < 1.29 is 14.6 Å². The average molecular weight is 238 g/mol. The van der Waals surface area contributed by atoms with Crippen molar-refractivity contribution in [2.45, 2.75) is 26.1 Å². The minimum Gasteiger partial charge on any atom is -0.388 e. The summed E-state index contributed by atoms with van der Waals surface area (Å²) in [4.78, 5) is 0. The standard InChI is InChI=1S/C14H22O3/c1-11(8-9-16-2)14(15)13-7-5-4-6-12(13)10-17-3/h4-7,11,14-15H,8-10H2,1-3H3. The number of benzene rings is 1. The van der Waals surface area contributed by atoms with Crippen molar-refractivity contribution in [3.05, 3.63) is 35.4 Å². The Balaban J connectivity index is 2.76. The van der Waals surface area contributed by atoms with Gasteiger partial charge in [-0.15, -0.1) is 0 Å². The Labute approximate surface area is 103 Å². The predicted octanol–water partition coefficient (Wildman–Crippen LogP) is 2.54. The second-order valence-electron chi connectivity index (χ2n) is 4.34. The molecular weight excluding hydrogens is 216 g/mol. The van der Waals surface area contributed by atoms with Crippen LogP contribution in [-0.2, 0) is 16.1 Å². The summed E-state index contributed by atoms with van der Waals surface area (Å²) in [5.41, 5.74) is 2.00. The van der Waals surface area contributed by atoms with E-state index in [-0.39, 0.29) is 5.92 Å². The Morgan fingerprint density at radius 1 is 1.18 bits per heavy atom. The van der Waals surface area contributed by atoms with Gasteiger partial charge in [-0.3, -0.25) is 0 Å². The number of aliphatic hydroxyl groups is 1. The predicted molar refractivity (Wildman–Crippen MR) is 67.8 cm³/mol. The van der Waals surface area contributed by atoms with Crippen LogP contribution in [0.25, 0.3) is 0 Å². The summed E-state index contributed by atoms with van der Waals surface area (Å²) in [5, 5.41) is 10.3. The molecule has 0 heterocycles. The first-order valence-corrected chi connectivity index (χ1v) is 5.94. The molecule has 0 aromatic heterocycles. The average Bonchev–Trinajstić information content (AvgIpc) is 2.36. The van der Waals surface area contributed by atoms with E-state index >= 15 is 0 Å². The molecule has 3 nitrogen and oxygen atoms in total. The third-order valence-corrected chi connectivity index (χ3v) is 2.99. The molecule has 0 amide bonds. The molecule has 0 bridgehead atoms. The lowest BCUT2D eigenvalue weighted by atomic mass is 9.92. The summed E-state index contributed by atoms with van der Waals surface area (Å²) in [5.74, 6) is 0.174. The highest BCUT2D eigenvalue weighted by Gasteiger charge is 2.18. The van der Waals surface area contributed by atoms with Gasteiger partial charge in [0.15, 0.2) is 0 Å². The van der Waals surface area contributed by atoms with Gasteiger partial charge < -0.3 is 14.6 Å². The van der Waals surface area contributed by atoms with Crippen LogP contribution in [0.3, 0.4) is 0 Å². The first-order chi connectivity index (χ1) is 8.20. The highest BCUT2D eigenvalue weighted by molar-refractivity contribution is 5.28. The first kappa shape index (κ1) is 14.2. The maximum absolute atomic E-state index is 10.3. The monoisotopic (exact) mass is 238 g/mol. The van der Waals surface area contributed by atoms with E-state index < -0.39 is 6.10 Å². The molecule has 0 aliphatic carbocycles. The molecule has 0 saturated heterocycles. The molecule has 0 aliphatic heterocycles. The lowest BCUT2D eigenvalue weighted by Crippen LogP contribution is -2.13. The fourth-order valence-corrected chi connectivity index (χ4v) is 1.88. The van der Waals surface area contributed by atoms with Gasteiger partial charge in [0.25, 0.3) is 0 Å². The van der Waals surface area contributed by atoms with Gasteiger partial charge in [-0.2, -0.15) is 0 Å². The molecule has 1 rings (SSSR count). The van der Waals surface area contributed by atoms with Crippen LogP contribution < -0.4 is 0 Å². The highest BCUT2D eigenvalue weighted by Crippen LogP contribution is 2.27. The van der Waals surface area contributed by atoms with Crippen molar-refractivity contribution in [1.82, 2.24) is 0 Å². The van der Waals surface area contributed by atoms with Crippen LogP contribution in [0.1, 0.15) is 30.6 Å². The molecule has 1 aromatic rings. The number of ether oxygens (including phenoxy) is 2. The van der Waals surface area contributed by atoms with Gasteiger partial charge in [-0.05, 0) is 23.5 Å². The van der Waals surface area contributed by atoms with Crippen LogP contribution in [0.4, 0.5) is 0 Å². The second kappa shape index (κ2) is 7.43. The summed E-state index contributed by atoms with van der Waals surface area (Å²) in [6.45, 7) is 3.24. The maximum atomic E-state index is 10.3. The molecule has 1 aromatic carbocycles. The summed E-state index contributed by atoms with van der Waals surface area (Å²) in [7, 11) is 3.34. The van der Waals surface area contributed by atoms with Gasteiger partial charge in [0.05, 0.1) is 12.7 Å². The third kappa shape index (κ3) is 4.11. The van der Waals surface area contributed by atoms with Crippen LogP contribution in [0.5, 0.6) is 0 Å². The van der Waals surface area contributed by atoms with Crippen molar-refractivity contribution in [2.24, 2.45) is 5.92 Å². The van der Waals surface area contributed by atoms with Crippen molar-refractivity contribution in [3.8, 4) is 0 Å². The molecule has 0 fully saturated rings. The van der Waals surface area contributed by atoms with Gasteiger partial charge in [-0.25, -0.2) is 0 Å². The number of aliphatic hydroxyl groups excluding tert-OH is 1. The number of rotatable bonds is 7. The second-order valence-corrected chi connectivity index (χ2v) is 4.34. The van der Waals surface area contributed by atoms with E-state index in [0.29, 0.717) is 13.2 Å². The van der Waals surface area contributed by atoms with Crippen LogP contribution in [0, 0.1) is 5.92 Å². The molecule has 1 N–H and O–H groups in total. The van der Waals surface area contributed by atoms with Crippen molar-refractivity contribution in [1.29, 1.82) is 0 Å². The van der Waals surface area contributed by atoms with Crippen LogP contribution in [0.2, 0.25) is 0 Å². The van der Waals surface area contributed by atoms with Crippen LogP contribution in [0.15, 0.2) is 24.3 Å². The van der Waals surface area contributed by atoms with E-state index in [1.165, 1.54) is 0 Å². The van der Waals surface area contributed by atoms with E-state index in [1.54, 1.807) is 14.2 Å². The molecule has 0 spiro atoms. The summed E-state index contributed by atoms with van der Waals surface area (Å²) < 4.78 is 10.2. The third-order valence-electron chi connectivity index (χ3n) is 2.99. The number of hydrogen-bond acceptors (Lipinski definition) is 3. The van der Waals surface area contributed by atoms with E-state index in [4.69, 9.17) is 9.47 Å². The fraction of sp³-hybridized carbons (Fsp3) is 0.571. The van der Waals surface area contributed by atoms with Gasteiger partial charge in [0.1, 0.15) is 0 Å². The van der Waals surface area contributed by atoms with Crippen LogP contribution in [-0.4, -0.2) is 25.9 Å². The molecule has 2 atom stereocenters. The molecule has 17 heavy (non-hydrogen) atoms. The van der Waals surface area contributed by atoms with Gasteiger partial charge in [0, 0.05) is 20.8 Å². The smallest absolute Gasteiger partial charge is 0.0819 e. The Kier molecular flexibility index (Phi) is 6.19. The minimum absolute atomic E-state index is 0.174.